The number of furan rings is 1. The fourth-order valence-corrected chi connectivity index (χ4v) is 6.14. The van der Waals surface area contributed by atoms with Crippen LogP contribution in [-0.4, -0.2) is 0 Å². The molecule has 1 aromatic heterocycles. The van der Waals surface area contributed by atoms with Crippen LogP contribution in [0.2, 0.25) is 0 Å². The predicted molar refractivity (Wildman–Crippen MR) is 189 cm³/mol. The highest BCUT2D eigenvalue weighted by molar-refractivity contribution is 6.07. The molecule has 0 radical (unpaired) electrons. The summed E-state index contributed by atoms with van der Waals surface area (Å²) in [6, 6.07) is 60.4. The summed E-state index contributed by atoms with van der Waals surface area (Å²) >= 11 is 0. The van der Waals surface area contributed by atoms with Gasteiger partial charge in [0.25, 0.3) is 0 Å². The lowest BCUT2D eigenvalue weighted by atomic mass is 9.99. The number of fused-ring (bicyclic) bond motifs is 3. The zero-order valence-electron chi connectivity index (χ0n) is 25.0. The first kappa shape index (κ1) is 26.7. The van der Waals surface area contributed by atoms with Gasteiger partial charge in [0.2, 0.25) is 0 Å². The summed E-state index contributed by atoms with van der Waals surface area (Å²) in [5.41, 5.74) is 13.6. The van der Waals surface area contributed by atoms with E-state index < -0.39 is 0 Å². The van der Waals surface area contributed by atoms with E-state index >= 15 is 0 Å². The quantitative estimate of drug-likeness (QED) is 0.195. The van der Waals surface area contributed by atoms with Crippen LogP contribution in [0.4, 0.5) is 17.1 Å². The van der Waals surface area contributed by atoms with Crippen molar-refractivity contribution >= 4 is 39.0 Å². The summed E-state index contributed by atoms with van der Waals surface area (Å²) in [5, 5.41) is 2.26. The van der Waals surface area contributed by atoms with Crippen LogP contribution in [0.1, 0.15) is 5.56 Å². The minimum Gasteiger partial charge on any atom is -0.456 e. The van der Waals surface area contributed by atoms with Gasteiger partial charge in [-0.15, -0.1) is 0 Å². The van der Waals surface area contributed by atoms with Crippen LogP contribution in [0.3, 0.4) is 0 Å². The molecule has 1 heterocycles. The lowest BCUT2D eigenvalue weighted by Crippen LogP contribution is -2.09. The first-order chi connectivity index (χ1) is 22.2. The van der Waals surface area contributed by atoms with Crippen molar-refractivity contribution in [3.8, 4) is 33.4 Å². The van der Waals surface area contributed by atoms with Crippen molar-refractivity contribution in [3.05, 3.63) is 175 Å². The number of nitrogens with zero attached hydrogens (tertiary/aromatic N) is 1. The molecule has 0 saturated heterocycles. The standard InChI is InChI=1S/C43H31NO/c1-30-12-14-33(15-13-30)35-20-26-42-40(28-35)41-29-36(21-27-43(41)45-42)34-18-24-39(25-19-34)44(37-10-6-3-7-11-37)38-22-16-32(17-23-38)31-8-4-2-5-9-31/h2-29H,1H3. The van der Waals surface area contributed by atoms with Crippen LogP contribution < -0.4 is 4.90 Å². The van der Waals surface area contributed by atoms with Gasteiger partial charge in [0.05, 0.1) is 0 Å². The van der Waals surface area contributed by atoms with Crippen molar-refractivity contribution in [1.29, 1.82) is 0 Å². The first-order valence-corrected chi connectivity index (χ1v) is 15.3. The minimum atomic E-state index is 0.903. The van der Waals surface area contributed by atoms with Crippen LogP contribution >= 0.6 is 0 Å². The van der Waals surface area contributed by atoms with Crippen molar-refractivity contribution < 1.29 is 4.42 Å². The number of benzene rings is 7. The molecule has 45 heavy (non-hydrogen) atoms. The number of anilines is 3. The van der Waals surface area contributed by atoms with Gasteiger partial charge < -0.3 is 9.32 Å². The van der Waals surface area contributed by atoms with E-state index in [2.05, 4.69) is 182 Å². The highest BCUT2D eigenvalue weighted by atomic mass is 16.3. The van der Waals surface area contributed by atoms with Gasteiger partial charge in [-0.1, -0.05) is 115 Å². The maximum absolute atomic E-state index is 6.23. The molecule has 2 nitrogen and oxygen atoms in total. The lowest BCUT2D eigenvalue weighted by molar-refractivity contribution is 0.669. The molecule has 0 amide bonds. The fourth-order valence-electron chi connectivity index (χ4n) is 6.14. The van der Waals surface area contributed by atoms with E-state index in [9.17, 15) is 0 Å². The van der Waals surface area contributed by atoms with Crippen molar-refractivity contribution in [2.24, 2.45) is 0 Å². The SMILES string of the molecule is Cc1ccc(-c2ccc3oc4ccc(-c5ccc(N(c6ccccc6)c6ccc(-c7ccccc7)cc6)cc5)cc4c3c2)cc1. The third kappa shape index (κ3) is 5.17. The van der Waals surface area contributed by atoms with Crippen LogP contribution in [-0.2, 0) is 0 Å². The van der Waals surface area contributed by atoms with E-state index in [0.29, 0.717) is 0 Å². The summed E-state index contributed by atoms with van der Waals surface area (Å²) in [4.78, 5) is 2.30. The number of rotatable bonds is 6. The molecular formula is C43H31NO. The van der Waals surface area contributed by atoms with Crippen LogP contribution in [0.15, 0.2) is 174 Å². The third-order valence-corrected chi connectivity index (χ3v) is 8.56. The Morgan fingerprint density at radius 1 is 0.356 bits per heavy atom. The Balaban J connectivity index is 1.14. The van der Waals surface area contributed by atoms with Gasteiger partial charge in [-0.3, -0.25) is 0 Å². The number of aryl methyl sites for hydroxylation is 1. The average molecular weight is 578 g/mol. The van der Waals surface area contributed by atoms with E-state index in [1.54, 1.807) is 0 Å². The molecule has 0 aliphatic rings. The second kappa shape index (κ2) is 11.3. The maximum Gasteiger partial charge on any atom is 0.135 e. The molecular weight excluding hydrogens is 546 g/mol. The Kier molecular flexibility index (Phi) is 6.73. The second-order valence-electron chi connectivity index (χ2n) is 11.5. The van der Waals surface area contributed by atoms with E-state index in [-0.39, 0.29) is 0 Å². The Labute approximate surface area is 263 Å². The van der Waals surface area contributed by atoms with Crippen molar-refractivity contribution in [3.63, 3.8) is 0 Å². The zero-order chi connectivity index (χ0) is 30.2. The maximum atomic E-state index is 6.23. The fraction of sp³-hybridized carbons (Fsp3) is 0.0233. The van der Waals surface area contributed by atoms with Gasteiger partial charge in [0.1, 0.15) is 11.2 Å². The van der Waals surface area contributed by atoms with Gasteiger partial charge in [-0.2, -0.15) is 0 Å². The van der Waals surface area contributed by atoms with Gasteiger partial charge in [0, 0.05) is 27.8 Å². The van der Waals surface area contributed by atoms with Gasteiger partial charge in [-0.25, -0.2) is 0 Å². The minimum absolute atomic E-state index is 0.903. The molecule has 0 saturated carbocycles. The van der Waals surface area contributed by atoms with Gasteiger partial charge in [-0.05, 0) is 101 Å². The zero-order valence-corrected chi connectivity index (χ0v) is 25.0. The van der Waals surface area contributed by atoms with Crippen LogP contribution in [0.5, 0.6) is 0 Å². The Morgan fingerprint density at radius 3 is 1.24 bits per heavy atom. The normalized spacial score (nSPS) is 11.2. The van der Waals surface area contributed by atoms with Gasteiger partial charge in [0.15, 0.2) is 0 Å². The molecule has 2 heteroatoms. The summed E-state index contributed by atoms with van der Waals surface area (Å²) in [6.45, 7) is 2.12. The van der Waals surface area contributed by atoms with Crippen molar-refractivity contribution in [2.45, 2.75) is 6.92 Å². The summed E-state index contributed by atoms with van der Waals surface area (Å²) in [5.74, 6) is 0. The molecule has 0 bridgehead atoms. The number of para-hydroxylation sites is 1. The molecule has 0 atom stereocenters. The van der Waals surface area contributed by atoms with Crippen LogP contribution in [0, 0.1) is 6.92 Å². The molecule has 7 aromatic carbocycles. The first-order valence-electron chi connectivity index (χ1n) is 15.3. The summed E-state index contributed by atoms with van der Waals surface area (Å²) in [6.07, 6.45) is 0. The van der Waals surface area contributed by atoms with E-state index in [0.717, 1.165) is 50.1 Å². The lowest BCUT2D eigenvalue weighted by Gasteiger charge is -2.26. The molecule has 8 rings (SSSR count). The highest BCUT2D eigenvalue weighted by Gasteiger charge is 2.14. The number of hydrogen-bond acceptors (Lipinski definition) is 2. The smallest absolute Gasteiger partial charge is 0.135 e. The van der Waals surface area contributed by atoms with Crippen molar-refractivity contribution in [2.75, 3.05) is 4.90 Å². The van der Waals surface area contributed by atoms with E-state index in [1.807, 2.05) is 0 Å². The van der Waals surface area contributed by atoms with E-state index in [4.69, 9.17) is 4.42 Å². The molecule has 0 spiro atoms. The molecule has 0 unspecified atom stereocenters. The summed E-state index contributed by atoms with van der Waals surface area (Å²) < 4.78 is 6.23. The predicted octanol–water partition coefficient (Wildman–Crippen LogP) is 12.4. The molecule has 0 aliphatic carbocycles. The van der Waals surface area contributed by atoms with Gasteiger partial charge >= 0.3 is 0 Å². The highest BCUT2D eigenvalue weighted by Crippen LogP contribution is 2.38. The molecule has 0 fully saturated rings. The van der Waals surface area contributed by atoms with Crippen molar-refractivity contribution in [1.82, 2.24) is 0 Å². The molecule has 8 aromatic rings. The Hall–Kier alpha value is -5.86. The second-order valence-corrected chi connectivity index (χ2v) is 11.5. The number of hydrogen-bond donors (Lipinski definition) is 0. The Morgan fingerprint density at radius 2 is 0.733 bits per heavy atom. The van der Waals surface area contributed by atoms with E-state index in [1.165, 1.54) is 27.8 Å². The largest absolute Gasteiger partial charge is 0.456 e. The summed E-state index contributed by atoms with van der Waals surface area (Å²) in [7, 11) is 0. The van der Waals surface area contributed by atoms with Crippen LogP contribution in [0.25, 0.3) is 55.3 Å². The molecule has 214 valence electrons. The average Bonchev–Trinajstić information content (AvgIpc) is 3.47. The topological polar surface area (TPSA) is 16.4 Å². The monoisotopic (exact) mass is 577 g/mol. The third-order valence-electron chi connectivity index (χ3n) is 8.56. The molecule has 0 N–H and O–H groups in total. The Bertz CT molecular complexity index is 2230. The molecule has 0 aliphatic heterocycles.